The minimum absolute atomic E-state index is 0.0264. The fourth-order valence-corrected chi connectivity index (χ4v) is 2.51. The van der Waals surface area contributed by atoms with Gasteiger partial charge in [-0.3, -0.25) is 9.59 Å². The highest BCUT2D eigenvalue weighted by Crippen LogP contribution is 2.22. The van der Waals surface area contributed by atoms with E-state index in [9.17, 15) is 9.59 Å². The van der Waals surface area contributed by atoms with E-state index in [1.54, 1.807) is 24.3 Å². The smallest absolute Gasteiger partial charge is 0.224 e. The Balaban J connectivity index is 1.73. The van der Waals surface area contributed by atoms with Crippen LogP contribution in [-0.2, 0) is 4.79 Å². The highest BCUT2D eigenvalue weighted by molar-refractivity contribution is 5.94. The largest absolute Gasteiger partial charge is 0.494 e. The molecule has 1 amide bonds. The van der Waals surface area contributed by atoms with Crippen LogP contribution in [0.3, 0.4) is 0 Å². The van der Waals surface area contributed by atoms with Crippen molar-refractivity contribution in [1.82, 2.24) is 0 Å². The van der Waals surface area contributed by atoms with Crippen molar-refractivity contribution in [3.63, 3.8) is 0 Å². The second-order valence-corrected chi connectivity index (χ2v) is 6.41. The summed E-state index contributed by atoms with van der Waals surface area (Å²) in [5.41, 5.74) is 2.42. The predicted molar refractivity (Wildman–Crippen MR) is 107 cm³/mol. The number of ether oxygens (including phenoxy) is 2. The number of nitrogens with one attached hydrogen (secondary N) is 1. The predicted octanol–water partition coefficient (Wildman–Crippen LogP) is 4.78. The molecule has 0 aromatic heterocycles. The first-order valence-electron chi connectivity index (χ1n) is 9.26. The summed E-state index contributed by atoms with van der Waals surface area (Å²) in [4.78, 5) is 23.4. The number of ketones is 1. The van der Waals surface area contributed by atoms with Crippen LogP contribution in [0.1, 0.15) is 49.0 Å². The van der Waals surface area contributed by atoms with Gasteiger partial charge in [0.25, 0.3) is 0 Å². The van der Waals surface area contributed by atoms with Crippen LogP contribution in [0, 0.1) is 6.92 Å². The van der Waals surface area contributed by atoms with Crippen LogP contribution in [0.25, 0.3) is 0 Å². The summed E-state index contributed by atoms with van der Waals surface area (Å²) >= 11 is 0. The zero-order valence-electron chi connectivity index (χ0n) is 16.2. The minimum atomic E-state index is -0.0455. The summed E-state index contributed by atoms with van der Waals surface area (Å²) in [5, 5.41) is 2.92. The van der Waals surface area contributed by atoms with Gasteiger partial charge >= 0.3 is 0 Å². The number of carbonyl (C=O) groups excluding carboxylic acids is 2. The van der Waals surface area contributed by atoms with Crippen molar-refractivity contribution in [3.05, 3.63) is 53.6 Å². The molecule has 1 N–H and O–H groups in total. The first-order valence-corrected chi connectivity index (χ1v) is 9.26. The molecule has 2 aromatic rings. The van der Waals surface area contributed by atoms with Gasteiger partial charge in [0, 0.05) is 17.7 Å². The molecule has 0 atom stereocenters. The molecule has 2 rings (SSSR count). The standard InChI is InChI=1S/C22H27NO4/c1-4-13-26-20-11-12-21(16(2)15-20)23-22(25)6-5-14-27-19-9-7-18(8-10-19)17(3)24/h7-12,15H,4-6,13-14H2,1-3H3,(H,23,25). The van der Waals surface area contributed by atoms with Crippen molar-refractivity contribution >= 4 is 17.4 Å². The maximum absolute atomic E-state index is 12.1. The van der Waals surface area contributed by atoms with Crippen molar-refractivity contribution < 1.29 is 19.1 Å². The zero-order valence-corrected chi connectivity index (χ0v) is 16.2. The van der Waals surface area contributed by atoms with Crippen LogP contribution in [0.4, 0.5) is 5.69 Å². The lowest BCUT2D eigenvalue weighted by atomic mass is 10.1. The number of hydrogen-bond donors (Lipinski definition) is 1. The molecular weight excluding hydrogens is 342 g/mol. The van der Waals surface area contributed by atoms with Gasteiger partial charge < -0.3 is 14.8 Å². The van der Waals surface area contributed by atoms with Gasteiger partial charge in [-0.2, -0.15) is 0 Å². The van der Waals surface area contributed by atoms with E-state index in [1.165, 1.54) is 6.92 Å². The molecule has 2 aromatic carbocycles. The van der Waals surface area contributed by atoms with Gasteiger partial charge in [-0.05, 0) is 74.7 Å². The first-order chi connectivity index (χ1) is 13.0. The molecule has 144 valence electrons. The number of amides is 1. The average molecular weight is 369 g/mol. The Bertz CT molecular complexity index is 768. The Labute approximate surface area is 160 Å². The molecule has 0 bridgehead atoms. The molecule has 0 fully saturated rings. The Kier molecular flexibility index (Phi) is 7.86. The Morgan fingerprint density at radius 2 is 1.63 bits per heavy atom. The average Bonchev–Trinajstić information content (AvgIpc) is 2.66. The van der Waals surface area contributed by atoms with Gasteiger partial charge in [-0.1, -0.05) is 6.92 Å². The van der Waals surface area contributed by atoms with Gasteiger partial charge in [0.1, 0.15) is 11.5 Å². The Morgan fingerprint density at radius 3 is 2.26 bits per heavy atom. The molecule has 0 heterocycles. The van der Waals surface area contributed by atoms with Crippen LogP contribution in [0.15, 0.2) is 42.5 Å². The van der Waals surface area contributed by atoms with E-state index in [4.69, 9.17) is 9.47 Å². The van der Waals surface area contributed by atoms with E-state index >= 15 is 0 Å². The van der Waals surface area contributed by atoms with Crippen LogP contribution in [0.5, 0.6) is 11.5 Å². The van der Waals surface area contributed by atoms with Gasteiger partial charge in [-0.25, -0.2) is 0 Å². The van der Waals surface area contributed by atoms with Crippen molar-refractivity contribution in [2.75, 3.05) is 18.5 Å². The molecular formula is C22H27NO4. The van der Waals surface area contributed by atoms with Gasteiger partial charge in [0.2, 0.25) is 5.91 Å². The topological polar surface area (TPSA) is 64.6 Å². The third-order valence-corrected chi connectivity index (χ3v) is 4.02. The summed E-state index contributed by atoms with van der Waals surface area (Å²) < 4.78 is 11.2. The second-order valence-electron chi connectivity index (χ2n) is 6.41. The number of rotatable bonds is 10. The SMILES string of the molecule is CCCOc1ccc(NC(=O)CCCOc2ccc(C(C)=O)cc2)c(C)c1. The molecule has 5 heteroatoms. The molecule has 5 nitrogen and oxygen atoms in total. The Hall–Kier alpha value is -2.82. The van der Waals surface area contributed by atoms with Crippen LogP contribution >= 0.6 is 0 Å². The summed E-state index contributed by atoms with van der Waals surface area (Å²) in [7, 11) is 0. The number of aryl methyl sites for hydroxylation is 1. The van der Waals surface area contributed by atoms with Crippen molar-refractivity contribution in [3.8, 4) is 11.5 Å². The molecule has 0 spiro atoms. The summed E-state index contributed by atoms with van der Waals surface area (Å²) in [6.07, 6.45) is 1.94. The normalized spacial score (nSPS) is 10.3. The van der Waals surface area contributed by atoms with Crippen molar-refractivity contribution in [1.29, 1.82) is 0 Å². The molecule has 0 aliphatic heterocycles. The minimum Gasteiger partial charge on any atom is -0.494 e. The Morgan fingerprint density at radius 1 is 0.963 bits per heavy atom. The van der Waals surface area contributed by atoms with Gasteiger partial charge in [0.15, 0.2) is 5.78 Å². The quantitative estimate of drug-likeness (QED) is 0.483. The van der Waals surface area contributed by atoms with E-state index in [-0.39, 0.29) is 11.7 Å². The molecule has 0 aliphatic rings. The lowest BCUT2D eigenvalue weighted by Crippen LogP contribution is -2.13. The third kappa shape index (κ3) is 6.77. The highest BCUT2D eigenvalue weighted by Gasteiger charge is 2.07. The number of hydrogen-bond acceptors (Lipinski definition) is 4. The molecule has 0 radical (unpaired) electrons. The van der Waals surface area contributed by atoms with E-state index in [0.29, 0.717) is 37.4 Å². The fraction of sp³-hybridized carbons (Fsp3) is 0.364. The lowest BCUT2D eigenvalue weighted by molar-refractivity contribution is -0.116. The monoisotopic (exact) mass is 369 g/mol. The van der Waals surface area contributed by atoms with Crippen LogP contribution < -0.4 is 14.8 Å². The van der Waals surface area contributed by atoms with Crippen molar-refractivity contribution in [2.24, 2.45) is 0 Å². The fourth-order valence-electron chi connectivity index (χ4n) is 2.51. The maximum atomic E-state index is 12.1. The maximum Gasteiger partial charge on any atom is 0.224 e. The third-order valence-electron chi connectivity index (χ3n) is 4.02. The van der Waals surface area contributed by atoms with Crippen LogP contribution in [0.2, 0.25) is 0 Å². The number of carbonyl (C=O) groups is 2. The van der Waals surface area contributed by atoms with E-state index in [1.807, 2.05) is 25.1 Å². The molecule has 27 heavy (non-hydrogen) atoms. The zero-order chi connectivity index (χ0) is 19.6. The second kappa shape index (κ2) is 10.4. The number of Topliss-reactive ketones (excluding diaryl/α,β-unsaturated/α-hetero) is 1. The lowest BCUT2D eigenvalue weighted by Gasteiger charge is -2.11. The van der Waals surface area contributed by atoms with Gasteiger partial charge in [-0.15, -0.1) is 0 Å². The highest BCUT2D eigenvalue weighted by atomic mass is 16.5. The van der Waals surface area contributed by atoms with Crippen molar-refractivity contribution in [2.45, 2.75) is 40.0 Å². The molecule has 0 unspecified atom stereocenters. The number of benzene rings is 2. The molecule has 0 saturated heterocycles. The number of anilines is 1. The molecule has 0 saturated carbocycles. The summed E-state index contributed by atoms with van der Waals surface area (Å²) in [6, 6.07) is 12.7. The van der Waals surface area contributed by atoms with Crippen LogP contribution in [-0.4, -0.2) is 24.9 Å². The summed E-state index contributed by atoms with van der Waals surface area (Å²) in [6.45, 7) is 6.66. The van der Waals surface area contributed by atoms with E-state index in [0.717, 1.165) is 23.4 Å². The van der Waals surface area contributed by atoms with E-state index in [2.05, 4.69) is 12.2 Å². The van der Waals surface area contributed by atoms with Gasteiger partial charge in [0.05, 0.1) is 13.2 Å². The molecule has 0 aliphatic carbocycles. The summed E-state index contributed by atoms with van der Waals surface area (Å²) in [5.74, 6) is 1.49. The van der Waals surface area contributed by atoms with E-state index < -0.39 is 0 Å². The first kappa shape index (κ1) is 20.5.